The summed E-state index contributed by atoms with van der Waals surface area (Å²) in [6.07, 6.45) is 0. The molecule has 1 saturated heterocycles. The number of nitrogens with zero attached hydrogens (tertiary/aromatic N) is 4. The monoisotopic (exact) mass is 493 g/mol. The third kappa shape index (κ3) is 4.04. The lowest BCUT2D eigenvalue weighted by atomic mass is 10.1. The van der Waals surface area contributed by atoms with Gasteiger partial charge in [-0.1, -0.05) is 30.3 Å². The molecule has 0 spiro atoms. The zero-order chi connectivity index (χ0) is 23.9. The van der Waals surface area contributed by atoms with Gasteiger partial charge in [-0.3, -0.25) is 4.79 Å². The van der Waals surface area contributed by atoms with Gasteiger partial charge in [-0.15, -0.1) is 11.3 Å². The van der Waals surface area contributed by atoms with E-state index in [0.717, 1.165) is 27.2 Å². The van der Waals surface area contributed by atoms with Crippen LogP contribution in [0.15, 0.2) is 64.9 Å². The lowest BCUT2D eigenvalue weighted by Crippen LogP contribution is -2.49. The molecule has 1 aliphatic rings. The van der Waals surface area contributed by atoms with E-state index < -0.39 is 15.9 Å². The van der Waals surface area contributed by atoms with Crippen LogP contribution in [0.1, 0.15) is 16.2 Å². The lowest BCUT2D eigenvalue weighted by Gasteiger charge is -2.35. The third-order valence-corrected chi connectivity index (χ3v) is 8.71. The summed E-state index contributed by atoms with van der Waals surface area (Å²) < 4.78 is 27.8. The van der Waals surface area contributed by atoms with E-state index in [1.54, 1.807) is 11.3 Å². The van der Waals surface area contributed by atoms with Gasteiger partial charge < -0.3 is 10.6 Å². The van der Waals surface area contributed by atoms with E-state index in [-0.39, 0.29) is 10.5 Å². The van der Waals surface area contributed by atoms with Crippen molar-refractivity contribution < 1.29 is 13.2 Å². The summed E-state index contributed by atoms with van der Waals surface area (Å²) in [6.45, 7) is 3.55. The third-order valence-electron chi connectivity index (χ3n) is 5.93. The number of aromatic nitrogens is 2. The van der Waals surface area contributed by atoms with Crippen LogP contribution < -0.4 is 10.6 Å². The predicted octanol–water partition coefficient (Wildman–Crippen LogP) is 3.28. The van der Waals surface area contributed by atoms with Crippen molar-refractivity contribution in [2.75, 3.05) is 31.1 Å². The maximum absolute atomic E-state index is 13.1. The molecule has 1 aliphatic heterocycles. The topological polar surface area (TPSA) is 109 Å². The van der Waals surface area contributed by atoms with Crippen LogP contribution >= 0.6 is 11.3 Å². The van der Waals surface area contributed by atoms with E-state index in [9.17, 15) is 13.2 Å². The number of carbonyl (C=O) groups excluding carboxylic acids is 1. The summed E-state index contributed by atoms with van der Waals surface area (Å²) in [6, 6.07) is 15.9. The van der Waals surface area contributed by atoms with Crippen molar-refractivity contribution in [1.29, 1.82) is 0 Å². The predicted molar refractivity (Wildman–Crippen MR) is 134 cm³/mol. The number of anilines is 1. The van der Waals surface area contributed by atoms with Crippen molar-refractivity contribution in [2.45, 2.75) is 11.8 Å². The highest BCUT2D eigenvalue weighted by atomic mass is 32.2. The van der Waals surface area contributed by atoms with Crippen LogP contribution in [0.25, 0.3) is 21.3 Å². The molecule has 8 nitrogen and oxygen atoms in total. The number of thiophene rings is 1. The summed E-state index contributed by atoms with van der Waals surface area (Å²) in [5, 5.41) is 3.11. The van der Waals surface area contributed by atoms with Gasteiger partial charge in [0.05, 0.1) is 10.3 Å². The number of fused-ring (bicyclic) bond motifs is 1. The largest absolute Gasteiger partial charge is 0.366 e. The molecule has 2 aromatic heterocycles. The van der Waals surface area contributed by atoms with Crippen molar-refractivity contribution >= 4 is 43.3 Å². The molecular formula is C24H23N5O3S2. The van der Waals surface area contributed by atoms with Gasteiger partial charge in [-0.05, 0) is 36.8 Å². The molecule has 10 heteroatoms. The summed E-state index contributed by atoms with van der Waals surface area (Å²) in [5.74, 6) is 0.936. The van der Waals surface area contributed by atoms with E-state index in [1.165, 1.54) is 28.6 Å². The number of amides is 1. The molecule has 174 valence electrons. The van der Waals surface area contributed by atoms with Gasteiger partial charge in [-0.2, -0.15) is 4.31 Å². The van der Waals surface area contributed by atoms with Gasteiger partial charge in [0.1, 0.15) is 16.5 Å². The molecule has 2 N–H and O–H groups in total. The number of benzene rings is 2. The Kier molecular flexibility index (Phi) is 5.80. The molecule has 1 fully saturated rings. The van der Waals surface area contributed by atoms with E-state index >= 15 is 0 Å². The second-order valence-electron chi connectivity index (χ2n) is 8.07. The Hall–Kier alpha value is -3.34. The second kappa shape index (κ2) is 8.79. The highest BCUT2D eigenvalue weighted by Gasteiger charge is 2.30. The average Bonchev–Trinajstić information content (AvgIpc) is 3.28. The molecular weight excluding hydrogens is 470 g/mol. The van der Waals surface area contributed by atoms with E-state index in [0.29, 0.717) is 32.0 Å². The first-order valence-corrected chi connectivity index (χ1v) is 13.1. The van der Waals surface area contributed by atoms with Crippen LogP contribution in [0.2, 0.25) is 0 Å². The molecule has 5 rings (SSSR count). The Morgan fingerprint density at radius 2 is 1.65 bits per heavy atom. The van der Waals surface area contributed by atoms with Crippen LogP contribution in [-0.2, 0) is 10.0 Å². The minimum Gasteiger partial charge on any atom is -0.366 e. The van der Waals surface area contributed by atoms with Crippen LogP contribution in [0.4, 0.5) is 5.82 Å². The minimum atomic E-state index is -3.68. The average molecular weight is 494 g/mol. The minimum absolute atomic E-state index is 0.149. The van der Waals surface area contributed by atoms with Crippen LogP contribution in [0, 0.1) is 6.92 Å². The van der Waals surface area contributed by atoms with E-state index in [1.807, 2.05) is 25.1 Å². The summed E-state index contributed by atoms with van der Waals surface area (Å²) in [4.78, 5) is 23.9. The molecule has 0 aliphatic carbocycles. The maximum atomic E-state index is 13.1. The highest BCUT2D eigenvalue weighted by Crippen LogP contribution is 2.38. The molecule has 1 amide bonds. The van der Waals surface area contributed by atoms with Crippen molar-refractivity contribution in [3.8, 4) is 11.1 Å². The Labute approximate surface area is 201 Å². The Morgan fingerprint density at radius 1 is 0.971 bits per heavy atom. The number of hydrogen-bond acceptors (Lipinski definition) is 7. The number of primary amides is 1. The first-order valence-electron chi connectivity index (χ1n) is 10.8. The van der Waals surface area contributed by atoms with Gasteiger partial charge in [0.2, 0.25) is 15.9 Å². The smallest absolute Gasteiger partial charge is 0.248 e. The number of piperazine rings is 1. The van der Waals surface area contributed by atoms with Crippen molar-refractivity contribution in [3.05, 3.63) is 71.4 Å². The van der Waals surface area contributed by atoms with E-state index in [4.69, 9.17) is 10.7 Å². The fraction of sp³-hybridized carbons (Fsp3) is 0.208. The lowest BCUT2D eigenvalue weighted by molar-refractivity contribution is 0.1000. The first-order chi connectivity index (χ1) is 16.3. The van der Waals surface area contributed by atoms with Crippen molar-refractivity contribution in [2.24, 2.45) is 5.73 Å². The molecule has 0 bridgehead atoms. The zero-order valence-corrected chi connectivity index (χ0v) is 20.1. The first kappa shape index (κ1) is 22.5. The second-order valence-corrected chi connectivity index (χ2v) is 10.9. The summed E-state index contributed by atoms with van der Waals surface area (Å²) >= 11 is 1.59. The molecule has 0 saturated carbocycles. The van der Waals surface area contributed by atoms with Crippen molar-refractivity contribution in [1.82, 2.24) is 14.3 Å². The molecule has 0 radical (unpaired) electrons. The quantitative estimate of drug-likeness (QED) is 0.457. The maximum Gasteiger partial charge on any atom is 0.248 e. The molecule has 2 aromatic carbocycles. The standard InChI is InChI=1S/C24H23N5O3S2/c1-16-26-23(21-20(15-33-24(21)27-16)17-5-3-2-4-6-17)28-11-13-29(14-12-28)34(31,32)19-9-7-18(8-10-19)22(25)30/h2-10,15H,11-14H2,1H3,(H2,25,30). The number of aryl methyl sites for hydroxylation is 1. The normalized spacial score (nSPS) is 15.0. The number of sulfonamides is 1. The molecule has 3 heterocycles. The molecule has 34 heavy (non-hydrogen) atoms. The Bertz CT molecular complexity index is 1460. The van der Waals surface area contributed by atoms with Gasteiger partial charge in [0.15, 0.2) is 0 Å². The number of nitrogens with two attached hydrogens (primary N) is 1. The Balaban J connectivity index is 1.42. The number of carbonyl (C=O) groups is 1. The van der Waals surface area contributed by atoms with E-state index in [2.05, 4.69) is 27.4 Å². The van der Waals surface area contributed by atoms with Gasteiger partial charge in [0, 0.05) is 42.7 Å². The van der Waals surface area contributed by atoms with Crippen LogP contribution in [0.5, 0.6) is 0 Å². The molecule has 0 atom stereocenters. The molecule has 4 aromatic rings. The fourth-order valence-electron chi connectivity index (χ4n) is 4.17. The number of rotatable bonds is 5. The zero-order valence-electron chi connectivity index (χ0n) is 18.5. The SMILES string of the molecule is Cc1nc(N2CCN(S(=O)(=O)c3ccc(C(N)=O)cc3)CC2)c2c(-c3ccccc3)csc2n1. The fourth-order valence-corrected chi connectivity index (χ4v) is 6.58. The molecule has 0 unspecified atom stereocenters. The van der Waals surface area contributed by atoms with Crippen molar-refractivity contribution in [3.63, 3.8) is 0 Å². The Morgan fingerprint density at radius 3 is 2.29 bits per heavy atom. The van der Waals surface area contributed by atoms with Crippen LogP contribution in [-0.4, -0.2) is 54.8 Å². The summed E-state index contributed by atoms with van der Waals surface area (Å²) in [7, 11) is -3.68. The van der Waals surface area contributed by atoms with Gasteiger partial charge in [0.25, 0.3) is 0 Å². The van der Waals surface area contributed by atoms with Crippen LogP contribution in [0.3, 0.4) is 0 Å². The van der Waals surface area contributed by atoms with Gasteiger partial charge in [-0.25, -0.2) is 18.4 Å². The van der Waals surface area contributed by atoms with Gasteiger partial charge >= 0.3 is 0 Å². The highest BCUT2D eigenvalue weighted by molar-refractivity contribution is 7.89. The summed E-state index contributed by atoms with van der Waals surface area (Å²) in [5.41, 5.74) is 7.72. The number of hydrogen-bond donors (Lipinski definition) is 1.